The molecule has 2 N–H and O–H groups in total. The number of aryl methyl sites for hydroxylation is 1. The number of carbonyl (C=O) groups is 1. The molecule has 0 fully saturated rings. The lowest BCUT2D eigenvalue weighted by atomic mass is 10.2. The van der Waals surface area contributed by atoms with Crippen LogP contribution in [0, 0.1) is 6.92 Å². The Morgan fingerprint density at radius 3 is 2.41 bits per heavy atom. The van der Waals surface area contributed by atoms with E-state index in [-0.39, 0.29) is 10.8 Å². The molecule has 0 spiro atoms. The summed E-state index contributed by atoms with van der Waals surface area (Å²) in [5, 5.41) is 3.19. The molecule has 1 amide bonds. The van der Waals surface area contributed by atoms with Crippen LogP contribution in [0.25, 0.3) is 0 Å². The minimum Gasteiger partial charge on any atom is -0.322 e. The van der Waals surface area contributed by atoms with Gasteiger partial charge in [0.2, 0.25) is 0 Å². The summed E-state index contributed by atoms with van der Waals surface area (Å²) in [4.78, 5) is 16.2. The van der Waals surface area contributed by atoms with Gasteiger partial charge < -0.3 is 5.32 Å². The Bertz CT molecular complexity index is 1070. The number of nitrogens with one attached hydrogen (secondary N) is 2. The van der Waals surface area contributed by atoms with Crippen LogP contribution in [-0.4, -0.2) is 19.3 Å². The van der Waals surface area contributed by atoms with Crippen molar-refractivity contribution in [3.8, 4) is 0 Å². The molecule has 27 heavy (non-hydrogen) atoms. The second kappa shape index (κ2) is 7.77. The summed E-state index contributed by atoms with van der Waals surface area (Å²) in [5.74, 6) is -0.374. The Morgan fingerprint density at radius 1 is 1.04 bits per heavy atom. The fourth-order valence-electron chi connectivity index (χ4n) is 2.40. The van der Waals surface area contributed by atoms with E-state index >= 15 is 0 Å². The van der Waals surface area contributed by atoms with Gasteiger partial charge in [0.25, 0.3) is 15.9 Å². The van der Waals surface area contributed by atoms with Crippen molar-refractivity contribution >= 4 is 38.9 Å². The van der Waals surface area contributed by atoms with Crippen LogP contribution in [0.1, 0.15) is 15.9 Å². The van der Waals surface area contributed by atoms with E-state index in [2.05, 4.69) is 15.0 Å². The summed E-state index contributed by atoms with van der Waals surface area (Å²) in [7, 11) is -3.84. The molecule has 0 radical (unpaired) electrons. The summed E-state index contributed by atoms with van der Waals surface area (Å²) in [5.41, 5.74) is 1.69. The number of carbonyl (C=O) groups excluding carboxylic acids is 1. The van der Waals surface area contributed by atoms with Crippen molar-refractivity contribution in [1.82, 2.24) is 4.98 Å². The molecule has 3 rings (SSSR count). The molecule has 0 saturated heterocycles. The van der Waals surface area contributed by atoms with Crippen LogP contribution >= 0.6 is 11.6 Å². The highest BCUT2D eigenvalue weighted by Crippen LogP contribution is 2.24. The van der Waals surface area contributed by atoms with Gasteiger partial charge in [-0.2, -0.15) is 0 Å². The van der Waals surface area contributed by atoms with Crippen LogP contribution in [0.5, 0.6) is 0 Å². The van der Waals surface area contributed by atoms with Crippen LogP contribution in [0.4, 0.5) is 11.4 Å². The minimum atomic E-state index is -3.84. The Labute approximate surface area is 162 Å². The van der Waals surface area contributed by atoms with Gasteiger partial charge >= 0.3 is 0 Å². The lowest BCUT2D eigenvalue weighted by Crippen LogP contribution is -2.16. The zero-order valence-corrected chi connectivity index (χ0v) is 15.9. The van der Waals surface area contributed by atoms with Gasteiger partial charge in [-0.1, -0.05) is 17.7 Å². The number of nitrogens with zero attached hydrogens (tertiary/aromatic N) is 1. The fraction of sp³-hybridized carbons (Fsp3) is 0.0526. The van der Waals surface area contributed by atoms with Gasteiger partial charge in [-0.3, -0.25) is 14.5 Å². The van der Waals surface area contributed by atoms with Crippen LogP contribution < -0.4 is 10.0 Å². The molecule has 0 aliphatic heterocycles. The molecule has 6 nitrogen and oxygen atoms in total. The summed E-state index contributed by atoms with van der Waals surface area (Å²) in [6.07, 6.45) is 3.00. The third-order valence-electron chi connectivity index (χ3n) is 3.76. The summed E-state index contributed by atoms with van der Waals surface area (Å²) in [6, 6.07) is 14.3. The smallest absolute Gasteiger partial charge is 0.262 e. The third kappa shape index (κ3) is 4.64. The Kier molecular flexibility index (Phi) is 5.43. The molecule has 2 aromatic carbocycles. The molecule has 1 aromatic heterocycles. The number of sulfonamides is 1. The molecule has 0 saturated carbocycles. The van der Waals surface area contributed by atoms with Crippen molar-refractivity contribution in [2.45, 2.75) is 11.8 Å². The Balaban J connectivity index is 1.86. The number of pyridine rings is 1. The van der Waals surface area contributed by atoms with Crippen molar-refractivity contribution in [3.63, 3.8) is 0 Å². The number of hydrogen-bond acceptors (Lipinski definition) is 4. The lowest BCUT2D eigenvalue weighted by molar-refractivity contribution is 0.102. The first-order valence-corrected chi connectivity index (χ1v) is 9.82. The average Bonchev–Trinajstić information content (AvgIpc) is 2.65. The topological polar surface area (TPSA) is 88.2 Å². The normalized spacial score (nSPS) is 11.0. The zero-order chi connectivity index (χ0) is 19.4. The number of anilines is 2. The van der Waals surface area contributed by atoms with Crippen LogP contribution in [0.3, 0.4) is 0 Å². The first-order chi connectivity index (χ1) is 12.8. The van der Waals surface area contributed by atoms with E-state index in [4.69, 9.17) is 11.6 Å². The molecule has 0 bridgehead atoms. The van der Waals surface area contributed by atoms with E-state index in [1.807, 2.05) is 0 Å². The van der Waals surface area contributed by atoms with Crippen LogP contribution in [-0.2, 0) is 10.0 Å². The van der Waals surface area contributed by atoms with E-state index in [1.54, 1.807) is 61.7 Å². The molecule has 0 aliphatic carbocycles. The lowest BCUT2D eigenvalue weighted by Gasteiger charge is -2.13. The Hall–Kier alpha value is -2.90. The molecule has 3 aromatic rings. The van der Waals surface area contributed by atoms with Crippen LogP contribution in [0.15, 0.2) is 71.9 Å². The van der Waals surface area contributed by atoms with Crippen molar-refractivity contribution in [2.24, 2.45) is 0 Å². The van der Waals surface area contributed by atoms with Gasteiger partial charge in [0.15, 0.2) is 0 Å². The summed E-state index contributed by atoms with van der Waals surface area (Å²) >= 11 is 5.82. The first kappa shape index (κ1) is 18.9. The van der Waals surface area contributed by atoms with E-state index in [0.29, 0.717) is 27.5 Å². The predicted molar refractivity (Wildman–Crippen MR) is 106 cm³/mol. The van der Waals surface area contributed by atoms with Gasteiger partial charge in [0, 0.05) is 28.8 Å². The van der Waals surface area contributed by atoms with Gasteiger partial charge in [-0.15, -0.1) is 0 Å². The number of aromatic nitrogens is 1. The summed E-state index contributed by atoms with van der Waals surface area (Å²) < 4.78 is 28.0. The van der Waals surface area contributed by atoms with E-state index < -0.39 is 10.0 Å². The molecule has 138 valence electrons. The van der Waals surface area contributed by atoms with Crippen molar-refractivity contribution < 1.29 is 13.2 Å². The SMILES string of the molecule is Cc1ccc(NC(=O)c2cccnc2)cc1S(=O)(=O)Nc1ccc(Cl)cc1. The Morgan fingerprint density at radius 2 is 1.74 bits per heavy atom. The maximum Gasteiger partial charge on any atom is 0.262 e. The van der Waals surface area contributed by atoms with Gasteiger partial charge in [-0.25, -0.2) is 8.42 Å². The molecular formula is C19H16ClN3O3S. The summed E-state index contributed by atoms with van der Waals surface area (Å²) in [6.45, 7) is 1.68. The highest BCUT2D eigenvalue weighted by Gasteiger charge is 2.18. The molecule has 0 unspecified atom stereocenters. The molecular weight excluding hydrogens is 386 g/mol. The second-order valence-electron chi connectivity index (χ2n) is 5.79. The molecule has 1 heterocycles. The van der Waals surface area contributed by atoms with Gasteiger partial charge in [0.05, 0.1) is 10.5 Å². The van der Waals surface area contributed by atoms with E-state index in [9.17, 15) is 13.2 Å². The van der Waals surface area contributed by atoms with Crippen molar-refractivity contribution in [3.05, 3.63) is 83.1 Å². The number of benzene rings is 2. The first-order valence-electron chi connectivity index (χ1n) is 7.95. The second-order valence-corrected chi connectivity index (χ2v) is 7.88. The third-order valence-corrected chi connectivity index (χ3v) is 5.53. The maximum atomic E-state index is 12.7. The fourth-order valence-corrected chi connectivity index (χ4v) is 3.85. The predicted octanol–water partition coefficient (Wildman–Crippen LogP) is 4.10. The molecule has 8 heteroatoms. The largest absolute Gasteiger partial charge is 0.322 e. The zero-order valence-electron chi connectivity index (χ0n) is 14.3. The number of amides is 1. The number of hydrogen-bond donors (Lipinski definition) is 2. The maximum absolute atomic E-state index is 12.7. The quantitative estimate of drug-likeness (QED) is 0.673. The van der Waals surface area contributed by atoms with Crippen molar-refractivity contribution in [1.29, 1.82) is 0 Å². The highest BCUT2D eigenvalue weighted by atomic mass is 35.5. The van der Waals surface area contributed by atoms with Crippen molar-refractivity contribution in [2.75, 3.05) is 10.0 Å². The average molecular weight is 402 g/mol. The molecule has 0 aliphatic rings. The van der Waals surface area contributed by atoms with Gasteiger partial charge in [0.1, 0.15) is 0 Å². The standard InChI is InChI=1S/C19H16ClN3O3S/c1-13-4-7-17(22-19(24)14-3-2-10-21-12-14)11-18(13)27(25,26)23-16-8-5-15(20)6-9-16/h2-12,23H,1H3,(H,22,24). The van der Waals surface area contributed by atoms with E-state index in [0.717, 1.165) is 0 Å². The molecule has 0 atom stereocenters. The van der Waals surface area contributed by atoms with Gasteiger partial charge in [-0.05, 0) is 61.0 Å². The van der Waals surface area contributed by atoms with Crippen LogP contribution in [0.2, 0.25) is 5.02 Å². The highest BCUT2D eigenvalue weighted by molar-refractivity contribution is 7.92. The minimum absolute atomic E-state index is 0.0708. The van der Waals surface area contributed by atoms with E-state index in [1.165, 1.54) is 12.3 Å². The monoisotopic (exact) mass is 401 g/mol. The number of rotatable bonds is 5. The number of halogens is 1.